The first-order valence-corrected chi connectivity index (χ1v) is 6.63. The first-order chi connectivity index (χ1) is 8.90. The van der Waals surface area contributed by atoms with Crippen LogP contribution in [0.5, 0.6) is 0 Å². The fourth-order valence-corrected chi connectivity index (χ4v) is 2.41. The molecule has 0 aromatic heterocycles. The van der Waals surface area contributed by atoms with Gasteiger partial charge in [-0.1, -0.05) is 47.5 Å². The van der Waals surface area contributed by atoms with Crippen LogP contribution in [0.3, 0.4) is 0 Å². The van der Waals surface area contributed by atoms with Crippen molar-refractivity contribution in [3.05, 3.63) is 69.5 Å². The Morgan fingerprint density at radius 2 is 1.79 bits per heavy atom. The lowest BCUT2D eigenvalue weighted by Gasteiger charge is -2.26. The molecule has 1 unspecified atom stereocenters. The van der Waals surface area contributed by atoms with Gasteiger partial charge in [0, 0.05) is 11.1 Å². The van der Waals surface area contributed by atoms with Crippen molar-refractivity contribution in [2.24, 2.45) is 5.73 Å². The lowest BCUT2D eigenvalue weighted by atomic mass is 9.86. The summed E-state index contributed by atoms with van der Waals surface area (Å²) in [4.78, 5) is 0. The molecule has 100 valence electrons. The van der Waals surface area contributed by atoms with Crippen molar-refractivity contribution in [3.8, 4) is 0 Å². The maximum atomic E-state index is 13.8. The maximum absolute atomic E-state index is 13.8. The quantitative estimate of drug-likeness (QED) is 0.884. The zero-order chi connectivity index (χ0) is 14.0. The Bertz CT molecular complexity index is 596. The Kier molecular flexibility index (Phi) is 4.14. The number of hydrogen-bond acceptors (Lipinski definition) is 1. The van der Waals surface area contributed by atoms with Crippen molar-refractivity contribution in [2.75, 3.05) is 0 Å². The Labute approximate surface area is 122 Å². The van der Waals surface area contributed by atoms with Gasteiger partial charge >= 0.3 is 0 Å². The average molecular weight is 298 g/mol. The van der Waals surface area contributed by atoms with Crippen LogP contribution in [0.25, 0.3) is 0 Å². The summed E-state index contributed by atoms with van der Waals surface area (Å²) in [5.74, 6) is -0.299. The third-order valence-electron chi connectivity index (χ3n) is 3.04. The van der Waals surface area contributed by atoms with Crippen LogP contribution in [-0.2, 0) is 12.0 Å². The van der Waals surface area contributed by atoms with Crippen LogP contribution in [0.1, 0.15) is 18.1 Å². The van der Waals surface area contributed by atoms with Crippen molar-refractivity contribution in [1.29, 1.82) is 0 Å². The molecule has 0 heterocycles. The standard InChI is InChI=1S/C15H14Cl2FN/c1-15(19,11-4-2-3-5-14(11)18)9-10-6-7-12(16)13(17)8-10/h2-8H,9,19H2,1H3. The molecule has 0 radical (unpaired) electrons. The minimum atomic E-state index is -0.803. The second-order valence-electron chi connectivity index (χ2n) is 4.82. The minimum Gasteiger partial charge on any atom is -0.321 e. The summed E-state index contributed by atoms with van der Waals surface area (Å²) >= 11 is 11.8. The summed E-state index contributed by atoms with van der Waals surface area (Å²) in [7, 11) is 0. The molecule has 2 aromatic rings. The second kappa shape index (κ2) is 5.49. The van der Waals surface area contributed by atoms with Gasteiger partial charge in [-0.3, -0.25) is 0 Å². The van der Waals surface area contributed by atoms with E-state index in [2.05, 4.69) is 0 Å². The highest BCUT2D eigenvalue weighted by Crippen LogP contribution is 2.28. The monoisotopic (exact) mass is 297 g/mol. The van der Waals surface area contributed by atoms with E-state index in [9.17, 15) is 4.39 Å². The van der Waals surface area contributed by atoms with Gasteiger partial charge in [0.2, 0.25) is 0 Å². The highest BCUT2D eigenvalue weighted by atomic mass is 35.5. The Hall–Kier alpha value is -1.09. The van der Waals surface area contributed by atoms with Gasteiger partial charge < -0.3 is 5.73 Å². The van der Waals surface area contributed by atoms with Crippen LogP contribution in [0.4, 0.5) is 4.39 Å². The summed E-state index contributed by atoms with van der Waals surface area (Å²) in [6, 6.07) is 11.9. The summed E-state index contributed by atoms with van der Waals surface area (Å²) in [5.41, 5.74) is 6.85. The topological polar surface area (TPSA) is 26.0 Å². The van der Waals surface area contributed by atoms with Crippen LogP contribution in [0, 0.1) is 5.82 Å². The van der Waals surface area contributed by atoms with E-state index in [1.54, 1.807) is 37.3 Å². The first-order valence-electron chi connectivity index (χ1n) is 5.88. The molecular formula is C15H14Cl2FN. The van der Waals surface area contributed by atoms with Crippen molar-refractivity contribution in [1.82, 2.24) is 0 Å². The molecule has 0 bridgehead atoms. The van der Waals surface area contributed by atoms with Gasteiger partial charge in [0.25, 0.3) is 0 Å². The molecule has 0 saturated heterocycles. The molecule has 4 heteroatoms. The van der Waals surface area contributed by atoms with Gasteiger partial charge in [0.05, 0.1) is 10.0 Å². The lowest BCUT2D eigenvalue weighted by molar-refractivity contribution is 0.457. The van der Waals surface area contributed by atoms with Gasteiger partial charge in [-0.15, -0.1) is 0 Å². The summed E-state index contributed by atoms with van der Waals surface area (Å²) in [6.45, 7) is 1.80. The molecule has 2 aromatic carbocycles. The SMILES string of the molecule is CC(N)(Cc1ccc(Cl)c(Cl)c1)c1ccccc1F. The molecule has 2 N–H and O–H groups in total. The molecule has 0 aliphatic rings. The number of rotatable bonds is 3. The number of halogens is 3. The van der Waals surface area contributed by atoms with E-state index in [-0.39, 0.29) is 5.82 Å². The summed E-state index contributed by atoms with van der Waals surface area (Å²) in [6.07, 6.45) is 0.477. The molecule has 0 aliphatic carbocycles. The molecule has 2 rings (SSSR count). The molecule has 0 aliphatic heterocycles. The second-order valence-corrected chi connectivity index (χ2v) is 5.64. The van der Waals surface area contributed by atoms with Crippen molar-refractivity contribution in [3.63, 3.8) is 0 Å². The predicted octanol–water partition coefficient (Wildman–Crippen LogP) is 4.55. The first kappa shape index (κ1) is 14.3. The van der Waals surface area contributed by atoms with Gasteiger partial charge in [-0.25, -0.2) is 4.39 Å². The number of nitrogens with two attached hydrogens (primary N) is 1. The van der Waals surface area contributed by atoms with Gasteiger partial charge in [0.1, 0.15) is 5.82 Å². The maximum Gasteiger partial charge on any atom is 0.128 e. The van der Waals surface area contributed by atoms with E-state index in [4.69, 9.17) is 28.9 Å². The fourth-order valence-electron chi connectivity index (χ4n) is 2.09. The third kappa shape index (κ3) is 3.27. The number of hydrogen-bond donors (Lipinski definition) is 1. The molecule has 0 fully saturated rings. The molecule has 19 heavy (non-hydrogen) atoms. The molecule has 1 atom stereocenters. The Balaban J connectivity index is 2.31. The fraction of sp³-hybridized carbons (Fsp3) is 0.200. The lowest BCUT2D eigenvalue weighted by Crippen LogP contribution is -2.36. The van der Waals surface area contributed by atoms with Crippen LogP contribution in [0.2, 0.25) is 10.0 Å². The Morgan fingerprint density at radius 1 is 1.11 bits per heavy atom. The molecule has 1 nitrogen and oxygen atoms in total. The van der Waals surface area contributed by atoms with E-state index >= 15 is 0 Å². The average Bonchev–Trinajstić information content (AvgIpc) is 2.34. The highest BCUT2D eigenvalue weighted by Gasteiger charge is 2.25. The van der Waals surface area contributed by atoms with Crippen LogP contribution >= 0.6 is 23.2 Å². The van der Waals surface area contributed by atoms with E-state index in [1.807, 2.05) is 6.07 Å². The van der Waals surface area contributed by atoms with Crippen LogP contribution < -0.4 is 5.73 Å². The van der Waals surface area contributed by atoms with Crippen molar-refractivity contribution >= 4 is 23.2 Å². The molecular weight excluding hydrogens is 284 g/mol. The predicted molar refractivity (Wildman–Crippen MR) is 78.1 cm³/mol. The molecule has 0 saturated carbocycles. The van der Waals surface area contributed by atoms with Gasteiger partial charge in [-0.05, 0) is 37.1 Å². The number of benzene rings is 2. The van der Waals surface area contributed by atoms with E-state index < -0.39 is 5.54 Å². The summed E-state index contributed by atoms with van der Waals surface area (Å²) < 4.78 is 13.8. The summed E-state index contributed by atoms with van der Waals surface area (Å²) in [5, 5.41) is 0.971. The van der Waals surface area contributed by atoms with E-state index in [1.165, 1.54) is 6.07 Å². The van der Waals surface area contributed by atoms with Gasteiger partial charge in [-0.2, -0.15) is 0 Å². The van der Waals surface area contributed by atoms with Crippen LogP contribution in [-0.4, -0.2) is 0 Å². The third-order valence-corrected chi connectivity index (χ3v) is 3.78. The minimum absolute atomic E-state index is 0.299. The van der Waals surface area contributed by atoms with Crippen LogP contribution in [0.15, 0.2) is 42.5 Å². The van der Waals surface area contributed by atoms with E-state index in [0.717, 1.165) is 5.56 Å². The zero-order valence-electron chi connectivity index (χ0n) is 10.5. The normalized spacial score (nSPS) is 14.2. The highest BCUT2D eigenvalue weighted by molar-refractivity contribution is 6.42. The zero-order valence-corrected chi connectivity index (χ0v) is 12.0. The van der Waals surface area contributed by atoms with Crippen molar-refractivity contribution < 1.29 is 4.39 Å². The largest absolute Gasteiger partial charge is 0.321 e. The molecule has 0 amide bonds. The van der Waals surface area contributed by atoms with Crippen molar-refractivity contribution in [2.45, 2.75) is 18.9 Å². The Morgan fingerprint density at radius 3 is 2.42 bits per heavy atom. The van der Waals surface area contributed by atoms with E-state index in [0.29, 0.717) is 22.0 Å². The molecule has 0 spiro atoms. The smallest absolute Gasteiger partial charge is 0.128 e. The van der Waals surface area contributed by atoms with Gasteiger partial charge in [0.15, 0.2) is 0 Å².